The van der Waals surface area contributed by atoms with E-state index in [-0.39, 0.29) is 0 Å². The number of sulfonamides is 1. The summed E-state index contributed by atoms with van der Waals surface area (Å²) in [4.78, 5) is 0.359. The van der Waals surface area contributed by atoms with Crippen molar-refractivity contribution in [1.82, 2.24) is 15.4 Å². The quantitative estimate of drug-likeness (QED) is 0.503. The number of hydrogen-bond acceptors (Lipinski definition) is 4. The molecule has 154 valence electrons. The van der Waals surface area contributed by atoms with Gasteiger partial charge in [0.05, 0.1) is 4.90 Å². The molecule has 0 spiro atoms. The van der Waals surface area contributed by atoms with Crippen molar-refractivity contribution in [3.63, 3.8) is 0 Å². The lowest BCUT2D eigenvalue weighted by Gasteiger charge is -2.22. The van der Waals surface area contributed by atoms with Gasteiger partial charge in [-0.15, -0.1) is 0 Å². The molecule has 0 aliphatic heterocycles. The molecule has 1 saturated carbocycles. The molecule has 2 aromatic rings. The van der Waals surface area contributed by atoms with Crippen molar-refractivity contribution < 1.29 is 8.42 Å². The van der Waals surface area contributed by atoms with Gasteiger partial charge in [-0.3, -0.25) is 0 Å². The minimum Gasteiger partial charge on any atom is -0.315 e. The SMILES string of the molecule is O=S(=O)(NCCCCNCCNC1CCCCC1)c1cccc2ccccc12. The topological polar surface area (TPSA) is 70.2 Å². The summed E-state index contributed by atoms with van der Waals surface area (Å²) in [6.07, 6.45) is 8.53. The zero-order valence-corrected chi connectivity index (χ0v) is 17.4. The summed E-state index contributed by atoms with van der Waals surface area (Å²) in [6.45, 7) is 3.37. The molecule has 3 rings (SSSR count). The number of rotatable bonds is 11. The van der Waals surface area contributed by atoms with Crippen LogP contribution in [-0.4, -0.2) is 40.6 Å². The van der Waals surface area contributed by atoms with Crippen LogP contribution in [0.4, 0.5) is 0 Å². The highest BCUT2D eigenvalue weighted by atomic mass is 32.2. The van der Waals surface area contributed by atoms with Gasteiger partial charge in [0.2, 0.25) is 10.0 Å². The Hall–Kier alpha value is -1.47. The third kappa shape index (κ3) is 6.27. The predicted octanol–water partition coefficient (Wildman–Crippen LogP) is 3.41. The third-order valence-corrected chi connectivity index (χ3v) is 6.97. The maximum absolute atomic E-state index is 12.6. The minimum atomic E-state index is -3.48. The Kier molecular flexibility index (Phi) is 8.27. The van der Waals surface area contributed by atoms with Crippen LogP contribution in [-0.2, 0) is 10.0 Å². The number of fused-ring (bicyclic) bond motifs is 1. The molecule has 0 radical (unpaired) electrons. The van der Waals surface area contributed by atoms with Gasteiger partial charge in [-0.2, -0.15) is 0 Å². The summed E-state index contributed by atoms with van der Waals surface area (Å²) in [5.74, 6) is 0. The van der Waals surface area contributed by atoms with Gasteiger partial charge in [-0.05, 0) is 43.7 Å². The molecule has 0 atom stereocenters. The lowest BCUT2D eigenvalue weighted by Crippen LogP contribution is -2.36. The van der Waals surface area contributed by atoms with E-state index in [9.17, 15) is 8.42 Å². The molecule has 0 aromatic heterocycles. The average Bonchev–Trinajstić information content (AvgIpc) is 2.73. The molecule has 1 aliphatic carbocycles. The van der Waals surface area contributed by atoms with E-state index in [2.05, 4.69) is 15.4 Å². The fourth-order valence-corrected chi connectivity index (χ4v) is 5.19. The Balaban J connectivity index is 1.31. The van der Waals surface area contributed by atoms with E-state index in [1.807, 2.05) is 30.3 Å². The third-order valence-electron chi connectivity index (χ3n) is 5.45. The lowest BCUT2D eigenvalue weighted by molar-refractivity contribution is 0.372. The second kappa shape index (κ2) is 10.9. The second-order valence-electron chi connectivity index (χ2n) is 7.62. The molecule has 1 fully saturated rings. The highest BCUT2D eigenvalue weighted by Crippen LogP contribution is 2.22. The van der Waals surface area contributed by atoms with E-state index < -0.39 is 10.0 Å². The van der Waals surface area contributed by atoms with Crippen LogP contribution in [0.25, 0.3) is 10.8 Å². The van der Waals surface area contributed by atoms with Gasteiger partial charge in [-0.1, -0.05) is 55.7 Å². The molecule has 0 bridgehead atoms. The van der Waals surface area contributed by atoms with Crippen LogP contribution in [0.15, 0.2) is 47.4 Å². The summed E-state index contributed by atoms with van der Waals surface area (Å²) in [6, 6.07) is 13.7. The van der Waals surface area contributed by atoms with Gasteiger partial charge in [0.1, 0.15) is 0 Å². The molecule has 0 amide bonds. The summed E-state index contributed by atoms with van der Waals surface area (Å²) >= 11 is 0. The smallest absolute Gasteiger partial charge is 0.241 e. The standard InChI is InChI=1S/C22H33N3O2S/c26-28(27,22-14-8-10-19-9-4-5-13-21(19)22)25-16-7-6-15-23-17-18-24-20-11-2-1-3-12-20/h4-5,8-10,13-14,20,23-25H,1-3,6-7,11-12,15-18H2. The number of benzene rings is 2. The fraction of sp³-hybridized carbons (Fsp3) is 0.545. The summed E-state index contributed by atoms with van der Waals surface area (Å²) < 4.78 is 28.0. The Morgan fingerprint density at radius 3 is 2.43 bits per heavy atom. The molecule has 3 N–H and O–H groups in total. The van der Waals surface area contributed by atoms with Crippen LogP contribution < -0.4 is 15.4 Å². The molecular weight excluding hydrogens is 370 g/mol. The van der Waals surface area contributed by atoms with Crippen LogP contribution >= 0.6 is 0 Å². The van der Waals surface area contributed by atoms with Crippen molar-refractivity contribution in [2.24, 2.45) is 0 Å². The molecule has 0 unspecified atom stereocenters. The van der Waals surface area contributed by atoms with Gasteiger partial charge >= 0.3 is 0 Å². The first-order valence-electron chi connectivity index (χ1n) is 10.6. The monoisotopic (exact) mass is 403 g/mol. The van der Waals surface area contributed by atoms with Crippen molar-refractivity contribution >= 4 is 20.8 Å². The van der Waals surface area contributed by atoms with Gasteiger partial charge in [0.15, 0.2) is 0 Å². The van der Waals surface area contributed by atoms with Crippen LogP contribution in [0.3, 0.4) is 0 Å². The minimum absolute atomic E-state index is 0.359. The van der Waals surface area contributed by atoms with Crippen molar-refractivity contribution in [2.75, 3.05) is 26.2 Å². The van der Waals surface area contributed by atoms with E-state index in [0.29, 0.717) is 17.5 Å². The average molecular weight is 404 g/mol. The Morgan fingerprint density at radius 2 is 1.57 bits per heavy atom. The van der Waals surface area contributed by atoms with Crippen LogP contribution in [0.2, 0.25) is 0 Å². The maximum atomic E-state index is 12.6. The summed E-state index contributed by atoms with van der Waals surface area (Å²) in [5, 5.41) is 8.77. The van der Waals surface area contributed by atoms with Crippen molar-refractivity contribution in [3.8, 4) is 0 Å². The number of nitrogens with one attached hydrogen (secondary N) is 3. The highest BCUT2D eigenvalue weighted by Gasteiger charge is 2.16. The van der Waals surface area contributed by atoms with E-state index in [1.165, 1.54) is 32.1 Å². The second-order valence-corrected chi connectivity index (χ2v) is 9.36. The Bertz CT molecular complexity index is 827. The normalized spacial score (nSPS) is 15.9. The van der Waals surface area contributed by atoms with Crippen molar-refractivity contribution in [2.45, 2.75) is 55.9 Å². The van der Waals surface area contributed by atoms with E-state index in [1.54, 1.807) is 12.1 Å². The van der Waals surface area contributed by atoms with Crippen LogP contribution in [0.5, 0.6) is 0 Å². The molecule has 28 heavy (non-hydrogen) atoms. The first-order valence-corrected chi connectivity index (χ1v) is 12.1. The Labute approximate surface area is 169 Å². The molecule has 5 nitrogen and oxygen atoms in total. The fourth-order valence-electron chi connectivity index (χ4n) is 3.89. The first kappa shape index (κ1) is 21.2. The zero-order chi connectivity index (χ0) is 19.7. The summed E-state index contributed by atoms with van der Waals surface area (Å²) in [5.41, 5.74) is 0. The van der Waals surface area contributed by atoms with Crippen LogP contribution in [0.1, 0.15) is 44.9 Å². The lowest BCUT2D eigenvalue weighted by atomic mass is 9.95. The van der Waals surface area contributed by atoms with Gasteiger partial charge < -0.3 is 10.6 Å². The zero-order valence-electron chi connectivity index (χ0n) is 16.6. The van der Waals surface area contributed by atoms with Gasteiger partial charge in [-0.25, -0.2) is 13.1 Å². The molecule has 0 heterocycles. The molecule has 6 heteroatoms. The molecule has 2 aromatic carbocycles. The number of unbranched alkanes of at least 4 members (excludes halogenated alkanes) is 1. The maximum Gasteiger partial charge on any atom is 0.241 e. The molecule has 1 aliphatic rings. The van der Waals surface area contributed by atoms with E-state index in [0.717, 1.165) is 43.2 Å². The van der Waals surface area contributed by atoms with Gasteiger partial charge in [0, 0.05) is 31.1 Å². The summed E-state index contributed by atoms with van der Waals surface area (Å²) in [7, 11) is -3.48. The molecular formula is C22H33N3O2S. The van der Waals surface area contributed by atoms with Crippen molar-refractivity contribution in [3.05, 3.63) is 42.5 Å². The van der Waals surface area contributed by atoms with Crippen LogP contribution in [0, 0.1) is 0 Å². The van der Waals surface area contributed by atoms with Crippen molar-refractivity contribution in [1.29, 1.82) is 0 Å². The predicted molar refractivity (Wildman–Crippen MR) is 116 cm³/mol. The van der Waals surface area contributed by atoms with E-state index in [4.69, 9.17) is 0 Å². The van der Waals surface area contributed by atoms with Gasteiger partial charge in [0.25, 0.3) is 0 Å². The van der Waals surface area contributed by atoms with E-state index >= 15 is 0 Å². The highest BCUT2D eigenvalue weighted by molar-refractivity contribution is 7.89. The Morgan fingerprint density at radius 1 is 0.821 bits per heavy atom. The molecule has 0 saturated heterocycles. The number of hydrogen-bond donors (Lipinski definition) is 3. The largest absolute Gasteiger partial charge is 0.315 e. The first-order chi connectivity index (χ1) is 13.7.